The van der Waals surface area contributed by atoms with E-state index in [-0.39, 0.29) is 11.0 Å². The average molecular weight is 366 g/mol. The number of alkyl halides is 3. The summed E-state index contributed by atoms with van der Waals surface area (Å²) in [4.78, 5) is 2.40. The molecule has 0 spiro atoms. The van der Waals surface area contributed by atoms with Gasteiger partial charge in [-0.05, 0) is 62.3 Å². The average Bonchev–Trinajstić information content (AvgIpc) is 2.53. The molecule has 0 unspecified atom stereocenters. The van der Waals surface area contributed by atoms with Gasteiger partial charge in [0, 0.05) is 25.6 Å². The lowest BCUT2D eigenvalue weighted by atomic mass is 9.71. The molecule has 0 aromatic heterocycles. The summed E-state index contributed by atoms with van der Waals surface area (Å²) in [6.45, 7) is 5.77. The smallest absolute Gasteiger partial charge is 0.416 e. The first-order chi connectivity index (χ1) is 12.1. The molecule has 1 aliphatic carbocycles. The third-order valence-corrected chi connectivity index (χ3v) is 5.81. The van der Waals surface area contributed by atoms with Crippen molar-refractivity contribution in [1.82, 2.24) is 4.90 Å². The van der Waals surface area contributed by atoms with Crippen LogP contribution in [0.5, 0.6) is 5.75 Å². The Labute approximate surface area is 152 Å². The summed E-state index contributed by atoms with van der Waals surface area (Å²) < 4.78 is 43.8. The minimum absolute atomic E-state index is 0.149. The highest BCUT2D eigenvalue weighted by atomic mass is 19.4. The van der Waals surface area contributed by atoms with Crippen LogP contribution in [-0.2, 0) is 6.18 Å². The number of nitriles is 1. The lowest BCUT2D eigenvalue weighted by Crippen LogP contribution is -2.66. The molecule has 26 heavy (non-hydrogen) atoms. The summed E-state index contributed by atoms with van der Waals surface area (Å²) in [7, 11) is 0. The van der Waals surface area contributed by atoms with Gasteiger partial charge in [-0.25, -0.2) is 0 Å². The Balaban J connectivity index is 1.50. The Morgan fingerprint density at radius 2 is 1.73 bits per heavy atom. The van der Waals surface area contributed by atoms with Gasteiger partial charge in [0.05, 0.1) is 11.6 Å². The monoisotopic (exact) mass is 366 g/mol. The molecular weight excluding hydrogens is 341 g/mol. The summed E-state index contributed by atoms with van der Waals surface area (Å²) in [6, 6.07) is 7.73. The van der Waals surface area contributed by atoms with Crippen molar-refractivity contribution >= 4 is 0 Å². The van der Waals surface area contributed by atoms with Gasteiger partial charge in [-0.15, -0.1) is 0 Å². The predicted molar refractivity (Wildman–Crippen MR) is 92.6 cm³/mol. The molecule has 0 bridgehead atoms. The van der Waals surface area contributed by atoms with Gasteiger partial charge in [0.15, 0.2) is 0 Å². The molecule has 1 aromatic carbocycles. The molecule has 2 aliphatic rings. The highest BCUT2D eigenvalue weighted by Gasteiger charge is 2.45. The molecule has 1 heterocycles. The number of halogens is 3. The largest absolute Gasteiger partial charge is 0.485 e. The van der Waals surface area contributed by atoms with Crippen molar-refractivity contribution < 1.29 is 17.9 Å². The van der Waals surface area contributed by atoms with E-state index in [0.29, 0.717) is 18.2 Å². The molecule has 2 fully saturated rings. The first kappa shape index (κ1) is 19.0. The van der Waals surface area contributed by atoms with E-state index >= 15 is 0 Å². The van der Waals surface area contributed by atoms with E-state index in [9.17, 15) is 13.2 Å². The summed E-state index contributed by atoms with van der Waals surface area (Å²) in [6.07, 6.45) is 0.616. The van der Waals surface area contributed by atoms with Crippen molar-refractivity contribution in [2.24, 2.45) is 5.41 Å². The van der Waals surface area contributed by atoms with E-state index < -0.39 is 11.7 Å². The molecule has 1 aliphatic heterocycles. The highest BCUT2D eigenvalue weighted by Crippen LogP contribution is 2.42. The van der Waals surface area contributed by atoms with E-state index in [1.807, 2.05) is 6.92 Å². The van der Waals surface area contributed by atoms with Crippen LogP contribution < -0.4 is 4.74 Å². The molecule has 3 rings (SSSR count). The SMILES string of the molecule is CC1(CC#N)CCC(N2CC(C)(Oc3ccc(C(F)(F)F)cc3)C2)CC1. The second-order valence-electron chi connectivity index (χ2n) is 8.36. The zero-order valence-electron chi connectivity index (χ0n) is 15.3. The molecule has 1 saturated carbocycles. The normalized spacial score (nSPS) is 28.8. The van der Waals surface area contributed by atoms with Crippen LogP contribution in [0.3, 0.4) is 0 Å². The minimum atomic E-state index is -4.32. The summed E-state index contributed by atoms with van der Waals surface area (Å²) in [5.74, 6) is 0.477. The van der Waals surface area contributed by atoms with Crippen LogP contribution in [0.4, 0.5) is 13.2 Å². The molecule has 1 saturated heterocycles. The number of ether oxygens (including phenoxy) is 1. The lowest BCUT2D eigenvalue weighted by Gasteiger charge is -2.53. The lowest BCUT2D eigenvalue weighted by molar-refractivity contribution is -0.137. The van der Waals surface area contributed by atoms with Gasteiger partial charge >= 0.3 is 6.18 Å². The van der Waals surface area contributed by atoms with Crippen LogP contribution in [0.1, 0.15) is 51.5 Å². The van der Waals surface area contributed by atoms with Crippen molar-refractivity contribution in [3.63, 3.8) is 0 Å². The van der Waals surface area contributed by atoms with Gasteiger partial charge in [-0.2, -0.15) is 18.4 Å². The Morgan fingerprint density at radius 3 is 2.23 bits per heavy atom. The van der Waals surface area contributed by atoms with Crippen LogP contribution in [0.2, 0.25) is 0 Å². The molecule has 1 aromatic rings. The van der Waals surface area contributed by atoms with Crippen LogP contribution in [0, 0.1) is 16.7 Å². The molecule has 0 atom stereocenters. The number of hydrogen-bond donors (Lipinski definition) is 0. The molecule has 0 radical (unpaired) electrons. The van der Waals surface area contributed by atoms with Crippen LogP contribution in [0.15, 0.2) is 24.3 Å². The van der Waals surface area contributed by atoms with Crippen LogP contribution in [-0.4, -0.2) is 29.6 Å². The molecule has 6 heteroatoms. The molecular formula is C20H25F3N2O. The van der Waals surface area contributed by atoms with Gasteiger partial charge < -0.3 is 4.74 Å². The first-order valence-corrected chi connectivity index (χ1v) is 9.10. The summed E-state index contributed by atoms with van der Waals surface area (Å²) in [5.41, 5.74) is -0.864. The number of benzene rings is 1. The fourth-order valence-corrected chi connectivity index (χ4v) is 4.16. The third kappa shape index (κ3) is 4.15. The Bertz CT molecular complexity index is 664. The Morgan fingerprint density at radius 1 is 1.15 bits per heavy atom. The van der Waals surface area contributed by atoms with Gasteiger partial charge in [0.2, 0.25) is 0 Å². The van der Waals surface area contributed by atoms with Crippen molar-refractivity contribution in [3.8, 4) is 11.8 Å². The van der Waals surface area contributed by atoms with E-state index in [2.05, 4.69) is 17.9 Å². The molecule has 142 valence electrons. The number of hydrogen-bond acceptors (Lipinski definition) is 3. The van der Waals surface area contributed by atoms with Crippen molar-refractivity contribution in [2.75, 3.05) is 13.1 Å². The topological polar surface area (TPSA) is 36.3 Å². The number of likely N-dealkylation sites (tertiary alicyclic amines) is 1. The minimum Gasteiger partial charge on any atom is -0.485 e. The zero-order chi connectivity index (χ0) is 19.0. The van der Waals surface area contributed by atoms with E-state index in [1.54, 1.807) is 0 Å². The quantitative estimate of drug-likeness (QED) is 0.751. The fourth-order valence-electron chi connectivity index (χ4n) is 4.16. The second-order valence-corrected chi connectivity index (χ2v) is 8.36. The molecule has 3 nitrogen and oxygen atoms in total. The highest BCUT2D eigenvalue weighted by molar-refractivity contribution is 5.29. The van der Waals surface area contributed by atoms with Crippen molar-refractivity contribution in [1.29, 1.82) is 5.26 Å². The number of rotatable bonds is 4. The third-order valence-electron chi connectivity index (χ3n) is 5.81. The van der Waals surface area contributed by atoms with Gasteiger partial charge in [-0.1, -0.05) is 6.92 Å². The molecule has 0 N–H and O–H groups in total. The maximum atomic E-state index is 12.6. The Hall–Kier alpha value is -1.74. The second kappa shape index (κ2) is 6.77. The number of nitrogens with zero attached hydrogens (tertiary/aromatic N) is 2. The van der Waals surface area contributed by atoms with E-state index in [1.165, 1.54) is 12.1 Å². The van der Waals surface area contributed by atoms with Crippen molar-refractivity contribution in [3.05, 3.63) is 29.8 Å². The van der Waals surface area contributed by atoms with Gasteiger partial charge in [-0.3, -0.25) is 4.90 Å². The van der Waals surface area contributed by atoms with Crippen molar-refractivity contribution in [2.45, 2.75) is 63.8 Å². The Kier molecular flexibility index (Phi) is 4.96. The van der Waals surface area contributed by atoms with Crippen LogP contribution in [0.25, 0.3) is 0 Å². The first-order valence-electron chi connectivity index (χ1n) is 9.10. The van der Waals surface area contributed by atoms with E-state index in [4.69, 9.17) is 10.00 Å². The standard InChI is InChI=1S/C20H25F3N2O/c1-18(11-12-24)9-7-16(8-10-18)25-13-19(2,14-25)26-17-5-3-15(4-6-17)20(21,22)23/h3-6,16H,7-11,13-14H2,1-2H3. The van der Waals surface area contributed by atoms with E-state index in [0.717, 1.165) is 50.9 Å². The maximum Gasteiger partial charge on any atom is 0.416 e. The maximum absolute atomic E-state index is 12.6. The summed E-state index contributed by atoms with van der Waals surface area (Å²) in [5, 5.41) is 8.95. The molecule has 0 amide bonds. The predicted octanol–water partition coefficient (Wildman–Crippen LogP) is 5.02. The fraction of sp³-hybridized carbons (Fsp3) is 0.650. The van der Waals surface area contributed by atoms with Gasteiger partial charge in [0.1, 0.15) is 11.4 Å². The van der Waals surface area contributed by atoms with Gasteiger partial charge in [0.25, 0.3) is 0 Å². The van der Waals surface area contributed by atoms with Crippen LogP contribution >= 0.6 is 0 Å². The summed E-state index contributed by atoms with van der Waals surface area (Å²) >= 11 is 0. The zero-order valence-corrected chi connectivity index (χ0v) is 15.3.